The zero-order chi connectivity index (χ0) is 16.8. The molecule has 6 heteroatoms. The molecule has 1 unspecified atom stereocenters. The van der Waals surface area contributed by atoms with Crippen LogP contribution in [-0.4, -0.2) is 42.6 Å². The minimum Gasteiger partial charge on any atom is -0.329 e. The van der Waals surface area contributed by atoms with Gasteiger partial charge in [0.1, 0.15) is 6.54 Å². The molecule has 2 rings (SSSR count). The zero-order valence-corrected chi connectivity index (χ0v) is 14.3. The topological polar surface area (TPSA) is 64.4 Å². The minimum absolute atomic E-state index is 0.0337. The van der Waals surface area contributed by atoms with Crippen molar-refractivity contribution in [2.24, 2.45) is 5.92 Å². The van der Waals surface area contributed by atoms with E-state index >= 15 is 0 Å². The molecule has 1 saturated heterocycles. The molecule has 1 fully saturated rings. The van der Waals surface area contributed by atoms with Crippen molar-refractivity contribution in [2.45, 2.75) is 24.7 Å². The lowest BCUT2D eigenvalue weighted by atomic mass is 10.1. The Kier molecular flexibility index (Phi) is 6.05. The third-order valence-corrected chi connectivity index (χ3v) is 4.67. The number of nitriles is 1. The summed E-state index contributed by atoms with van der Waals surface area (Å²) < 4.78 is 0. The normalized spacial score (nSPS) is 17.2. The van der Waals surface area contributed by atoms with Gasteiger partial charge in [-0.25, -0.2) is 0 Å². The largest absolute Gasteiger partial charge is 0.329 e. The lowest BCUT2D eigenvalue weighted by molar-refractivity contribution is -0.135. The highest BCUT2D eigenvalue weighted by atomic mass is 32.2. The lowest BCUT2D eigenvalue weighted by Crippen LogP contribution is -2.38. The van der Waals surface area contributed by atoms with E-state index in [9.17, 15) is 9.59 Å². The summed E-state index contributed by atoms with van der Waals surface area (Å²) in [5.41, 5.74) is 0.824. The van der Waals surface area contributed by atoms with E-state index in [4.69, 9.17) is 5.26 Å². The Balaban J connectivity index is 2.09. The number of benzene rings is 1. The first-order valence-electron chi connectivity index (χ1n) is 7.70. The molecule has 1 heterocycles. The van der Waals surface area contributed by atoms with Gasteiger partial charge in [0.05, 0.1) is 12.0 Å². The smallest absolute Gasteiger partial charge is 0.228 e. The average Bonchev–Trinajstić information content (AvgIpc) is 2.96. The second kappa shape index (κ2) is 8.02. The summed E-state index contributed by atoms with van der Waals surface area (Å²) in [5.74, 6) is -0.485. The summed E-state index contributed by atoms with van der Waals surface area (Å²) in [4.78, 5) is 29.2. The number of hydrogen-bond acceptors (Lipinski definition) is 4. The van der Waals surface area contributed by atoms with Crippen LogP contribution in [0.4, 0.5) is 5.69 Å². The van der Waals surface area contributed by atoms with Gasteiger partial charge in [-0.05, 0) is 36.9 Å². The van der Waals surface area contributed by atoms with Crippen LogP contribution in [0, 0.1) is 17.2 Å². The number of nitrogens with zero attached hydrogens (tertiary/aromatic N) is 3. The van der Waals surface area contributed by atoms with E-state index in [1.807, 2.05) is 43.5 Å². The van der Waals surface area contributed by atoms with Crippen molar-refractivity contribution in [3.05, 3.63) is 24.3 Å². The summed E-state index contributed by atoms with van der Waals surface area (Å²) in [6.45, 7) is 3.00. The molecule has 1 aromatic rings. The fourth-order valence-electron chi connectivity index (χ4n) is 2.77. The predicted molar refractivity (Wildman–Crippen MR) is 91.2 cm³/mol. The highest BCUT2D eigenvalue weighted by molar-refractivity contribution is 7.98. The fourth-order valence-corrected chi connectivity index (χ4v) is 3.17. The number of thioether (sulfide) groups is 1. The quantitative estimate of drug-likeness (QED) is 0.593. The first kappa shape index (κ1) is 17.4. The third-order valence-electron chi connectivity index (χ3n) is 3.93. The van der Waals surface area contributed by atoms with Crippen LogP contribution in [0.2, 0.25) is 0 Å². The Bertz CT molecular complexity index is 609. The number of rotatable bonds is 6. The average molecular weight is 331 g/mol. The summed E-state index contributed by atoms with van der Waals surface area (Å²) >= 11 is 1.65. The van der Waals surface area contributed by atoms with Crippen LogP contribution in [0.25, 0.3) is 0 Å². The molecule has 1 atom stereocenters. The number of carbonyl (C=O) groups is 2. The van der Waals surface area contributed by atoms with Gasteiger partial charge in [0.2, 0.25) is 11.8 Å². The van der Waals surface area contributed by atoms with Gasteiger partial charge in [-0.15, -0.1) is 11.8 Å². The predicted octanol–water partition coefficient (Wildman–Crippen LogP) is 2.52. The SMILES string of the molecule is CCCN(CC#N)C(=O)C1CC(=O)N(c2ccc(SC)cc2)C1. The molecule has 0 saturated carbocycles. The Morgan fingerprint density at radius 3 is 2.70 bits per heavy atom. The molecule has 0 spiro atoms. The van der Waals surface area contributed by atoms with Gasteiger partial charge in [-0.3, -0.25) is 9.59 Å². The fraction of sp³-hybridized carbons (Fsp3) is 0.471. The molecule has 1 aliphatic heterocycles. The highest BCUT2D eigenvalue weighted by Gasteiger charge is 2.36. The first-order chi connectivity index (χ1) is 11.1. The van der Waals surface area contributed by atoms with Crippen LogP contribution >= 0.6 is 11.8 Å². The summed E-state index contributed by atoms with van der Waals surface area (Å²) in [6, 6.07) is 9.80. The molecule has 122 valence electrons. The first-order valence-corrected chi connectivity index (χ1v) is 8.93. The number of anilines is 1. The van der Waals surface area contributed by atoms with Crippen molar-refractivity contribution >= 4 is 29.3 Å². The molecule has 0 aliphatic carbocycles. The van der Waals surface area contributed by atoms with Gasteiger partial charge in [-0.2, -0.15) is 5.26 Å². The van der Waals surface area contributed by atoms with Crippen LogP contribution in [0.5, 0.6) is 0 Å². The summed E-state index contributed by atoms with van der Waals surface area (Å²) in [5, 5.41) is 8.86. The van der Waals surface area contributed by atoms with Crippen LogP contribution < -0.4 is 4.90 Å². The van der Waals surface area contributed by atoms with E-state index in [1.54, 1.807) is 21.6 Å². The molecule has 0 aromatic heterocycles. The van der Waals surface area contributed by atoms with Crippen molar-refractivity contribution in [1.82, 2.24) is 4.90 Å². The minimum atomic E-state index is -0.359. The van der Waals surface area contributed by atoms with E-state index in [1.165, 1.54) is 0 Å². The number of hydrogen-bond donors (Lipinski definition) is 0. The van der Waals surface area contributed by atoms with Gasteiger partial charge >= 0.3 is 0 Å². The molecular formula is C17H21N3O2S. The van der Waals surface area contributed by atoms with Gasteiger partial charge in [0.15, 0.2) is 0 Å². The Morgan fingerprint density at radius 2 is 2.13 bits per heavy atom. The molecular weight excluding hydrogens is 310 g/mol. The van der Waals surface area contributed by atoms with Crippen molar-refractivity contribution in [1.29, 1.82) is 5.26 Å². The van der Waals surface area contributed by atoms with E-state index in [-0.39, 0.29) is 30.7 Å². The van der Waals surface area contributed by atoms with Gasteiger partial charge in [-0.1, -0.05) is 6.92 Å². The van der Waals surface area contributed by atoms with Crippen molar-refractivity contribution in [3.63, 3.8) is 0 Å². The molecule has 1 aromatic carbocycles. The summed E-state index contributed by atoms with van der Waals surface area (Å²) in [7, 11) is 0. The van der Waals surface area contributed by atoms with Gasteiger partial charge < -0.3 is 9.80 Å². The molecule has 1 aliphatic rings. The molecule has 5 nitrogen and oxygen atoms in total. The van der Waals surface area contributed by atoms with E-state index in [0.717, 1.165) is 17.0 Å². The second-order valence-corrected chi connectivity index (χ2v) is 6.40. The highest BCUT2D eigenvalue weighted by Crippen LogP contribution is 2.28. The van der Waals surface area contributed by atoms with E-state index < -0.39 is 0 Å². The summed E-state index contributed by atoms with van der Waals surface area (Å²) in [6.07, 6.45) is 3.02. The van der Waals surface area contributed by atoms with Gasteiger partial charge in [0, 0.05) is 30.1 Å². The second-order valence-electron chi connectivity index (χ2n) is 5.52. The van der Waals surface area contributed by atoms with E-state index in [2.05, 4.69) is 0 Å². The maximum absolute atomic E-state index is 12.5. The van der Waals surface area contributed by atoms with Crippen molar-refractivity contribution in [3.8, 4) is 6.07 Å². The van der Waals surface area contributed by atoms with E-state index in [0.29, 0.717) is 13.1 Å². The van der Waals surface area contributed by atoms with Crippen LogP contribution in [0.1, 0.15) is 19.8 Å². The lowest BCUT2D eigenvalue weighted by Gasteiger charge is -2.22. The maximum atomic E-state index is 12.5. The zero-order valence-electron chi connectivity index (χ0n) is 13.5. The van der Waals surface area contributed by atoms with Crippen LogP contribution in [0.15, 0.2) is 29.2 Å². The van der Waals surface area contributed by atoms with Crippen molar-refractivity contribution < 1.29 is 9.59 Å². The number of carbonyl (C=O) groups excluding carboxylic acids is 2. The molecule has 23 heavy (non-hydrogen) atoms. The molecule has 0 N–H and O–H groups in total. The monoisotopic (exact) mass is 331 g/mol. The Labute approximate surface area is 141 Å². The van der Waals surface area contributed by atoms with Crippen LogP contribution in [-0.2, 0) is 9.59 Å². The Morgan fingerprint density at radius 1 is 1.43 bits per heavy atom. The molecule has 0 radical (unpaired) electrons. The maximum Gasteiger partial charge on any atom is 0.228 e. The standard InChI is InChI=1S/C17H21N3O2S/c1-3-9-19(10-8-18)17(22)13-11-16(21)20(12-13)14-4-6-15(23-2)7-5-14/h4-7,13H,3,9-12H2,1-2H3. The van der Waals surface area contributed by atoms with Gasteiger partial charge in [0.25, 0.3) is 0 Å². The third kappa shape index (κ3) is 4.05. The van der Waals surface area contributed by atoms with Crippen LogP contribution in [0.3, 0.4) is 0 Å². The molecule has 0 bridgehead atoms. The van der Waals surface area contributed by atoms with Crippen molar-refractivity contribution in [2.75, 3.05) is 30.8 Å². The molecule has 2 amide bonds. The number of amides is 2. The Hall–Kier alpha value is -2.00.